The van der Waals surface area contributed by atoms with Crippen molar-refractivity contribution in [1.82, 2.24) is 0 Å². The van der Waals surface area contributed by atoms with Gasteiger partial charge in [0.05, 0.1) is 12.2 Å². The number of allylic oxidation sites excluding steroid dienone is 1. The van der Waals surface area contributed by atoms with Crippen LogP contribution in [0.3, 0.4) is 0 Å². The summed E-state index contributed by atoms with van der Waals surface area (Å²) in [5.74, 6) is 0.135. The highest BCUT2D eigenvalue weighted by Crippen LogP contribution is 2.42. The number of esters is 1. The molecule has 1 aromatic carbocycles. The molecule has 1 aromatic rings. The molecule has 3 nitrogen and oxygen atoms in total. The molecule has 0 radical (unpaired) electrons. The fourth-order valence-corrected chi connectivity index (χ4v) is 4.45. The summed E-state index contributed by atoms with van der Waals surface area (Å²) in [5, 5.41) is 0.759. The van der Waals surface area contributed by atoms with E-state index in [2.05, 4.69) is 28.1 Å². The van der Waals surface area contributed by atoms with Crippen LogP contribution in [-0.4, -0.2) is 31.0 Å². The Morgan fingerprint density at radius 2 is 2.08 bits per heavy atom. The minimum absolute atomic E-state index is 0.238. The Bertz CT molecular complexity index is 619. The Morgan fingerprint density at radius 1 is 1.33 bits per heavy atom. The lowest BCUT2D eigenvalue weighted by molar-refractivity contribution is -0.136. The molecular weight excluding hydrogens is 388 g/mol. The molecule has 130 valence electrons. The SMILES string of the molecule is CCOC(=O)/C(=C\C1CCOCC1)c1ccc(SC2CC2)c(Br)c1. The van der Waals surface area contributed by atoms with Crippen LogP contribution in [0.2, 0.25) is 0 Å². The molecule has 0 N–H and O–H groups in total. The zero-order valence-electron chi connectivity index (χ0n) is 13.9. The summed E-state index contributed by atoms with van der Waals surface area (Å²) in [4.78, 5) is 13.7. The van der Waals surface area contributed by atoms with Crippen molar-refractivity contribution in [3.8, 4) is 0 Å². The zero-order chi connectivity index (χ0) is 16.9. The first-order chi connectivity index (χ1) is 11.7. The zero-order valence-corrected chi connectivity index (χ0v) is 16.3. The van der Waals surface area contributed by atoms with Gasteiger partial charge in [0.25, 0.3) is 0 Å². The molecule has 0 atom stereocenters. The third kappa shape index (κ3) is 4.87. The number of hydrogen-bond acceptors (Lipinski definition) is 4. The molecule has 1 saturated heterocycles. The number of carbonyl (C=O) groups excluding carboxylic acids is 1. The summed E-state index contributed by atoms with van der Waals surface area (Å²) in [6.07, 6.45) is 6.60. The summed E-state index contributed by atoms with van der Waals surface area (Å²) in [6, 6.07) is 6.20. The largest absolute Gasteiger partial charge is 0.462 e. The molecular formula is C19H23BrO3S. The molecule has 2 fully saturated rings. The number of hydrogen-bond donors (Lipinski definition) is 0. The first kappa shape index (κ1) is 18.0. The number of halogens is 1. The average Bonchev–Trinajstić information content (AvgIpc) is 3.40. The van der Waals surface area contributed by atoms with E-state index in [4.69, 9.17) is 9.47 Å². The van der Waals surface area contributed by atoms with Crippen LogP contribution >= 0.6 is 27.7 Å². The van der Waals surface area contributed by atoms with Gasteiger partial charge in [-0.2, -0.15) is 0 Å². The fourth-order valence-electron chi connectivity index (χ4n) is 2.74. The fraction of sp³-hybridized carbons (Fsp3) is 0.526. The predicted molar refractivity (Wildman–Crippen MR) is 101 cm³/mol. The van der Waals surface area contributed by atoms with Crippen LogP contribution in [0.1, 0.15) is 38.2 Å². The van der Waals surface area contributed by atoms with Crippen molar-refractivity contribution in [3.05, 3.63) is 34.3 Å². The van der Waals surface area contributed by atoms with E-state index < -0.39 is 0 Å². The highest BCUT2D eigenvalue weighted by molar-refractivity contribution is 9.10. The van der Waals surface area contributed by atoms with Crippen LogP contribution in [0.25, 0.3) is 5.57 Å². The average molecular weight is 411 g/mol. The molecule has 1 aliphatic heterocycles. The van der Waals surface area contributed by atoms with Gasteiger partial charge in [-0.3, -0.25) is 0 Å². The van der Waals surface area contributed by atoms with Gasteiger partial charge in [-0.25, -0.2) is 4.79 Å². The van der Waals surface area contributed by atoms with Gasteiger partial charge < -0.3 is 9.47 Å². The summed E-state index contributed by atoms with van der Waals surface area (Å²) in [5.41, 5.74) is 1.60. The van der Waals surface area contributed by atoms with Crippen molar-refractivity contribution in [1.29, 1.82) is 0 Å². The standard InChI is InChI=1S/C19H23BrO3S/c1-2-23-19(21)16(11-13-7-9-22-10-8-13)14-3-6-18(17(20)12-14)24-15-4-5-15/h3,6,11-13,15H,2,4-5,7-10H2,1H3/b16-11-. The van der Waals surface area contributed by atoms with E-state index in [1.54, 1.807) is 0 Å². The number of carbonyl (C=O) groups is 1. The third-order valence-corrected chi connectivity index (χ3v) is 6.56. The summed E-state index contributed by atoms with van der Waals surface area (Å²) in [7, 11) is 0. The number of rotatable bonds is 6. The summed E-state index contributed by atoms with van der Waals surface area (Å²) in [6.45, 7) is 3.76. The smallest absolute Gasteiger partial charge is 0.338 e. The van der Waals surface area contributed by atoms with Crippen molar-refractivity contribution in [2.75, 3.05) is 19.8 Å². The lowest BCUT2D eigenvalue weighted by atomic mass is 9.94. The molecule has 1 saturated carbocycles. The van der Waals surface area contributed by atoms with Crippen molar-refractivity contribution in [2.24, 2.45) is 5.92 Å². The monoisotopic (exact) mass is 410 g/mol. The van der Waals surface area contributed by atoms with Crippen LogP contribution < -0.4 is 0 Å². The van der Waals surface area contributed by atoms with Gasteiger partial charge in [0.1, 0.15) is 0 Å². The van der Waals surface area contributed by atoms with E-state index in [0.717, 1.165) is 41.3 Å². The van der Waals surface area contributed by atoms with Gasteiger partial charge in [-0.15, -0.1) is 11.8 Å². The molecule has 5 heteroatoms. The normalized spacial score (nSPS) is 19.3. The van der Waals surface area contributed by atoms with E-state index in [1.807, 2.05) is 30.8 Å². The highest BCUT2D eigenvalue weighted by Gasteiger charge is 2.24. The second kappa shape index (κ2) is 8.54. The first-order valence-corrected chi connectivity index (χ1v) is 10.3. The molecule has 0 aromatic heterocycles. The summed E-state index contributed by atoms with van der Waals surface area (Å²) >= 11 is 5.58. The third-order valence-electron chi connectivity index (χ3n) is 4.22. The van der Waals surface area contributed by atoms with Crippen LogP contribution in [0.4, 0.5) is 0 Å². The molecule has 3 rings (SSSR count). The second-order valence-electron chi connectivity index (χ2n) is 6.21. The van der Waals surface area contributed by atoms with E-state index in [1.165, 1.54) is 17.7 Å². The van der Waals surface area contributed by atoms with Gasteiger partial charge in [0, 0.05) is 27.8 Å². The van der Waals surface area contributed by atoms with Crippen molar-refractivity contribution in [3.63, 3.8) is 0 Å². The van der Waals surface area contributed by atoms with E-state index in [9.17, 15) is 4.79 Å². The Morgan fingerprint density at radius 3 is 2.71 bits per heavy atom. The Hall–Kier alpha value is -0.780. The maximum Gasteiger partial charge on any atom is 0.338 e. The topological polar surface area (TPSA) is 35.5 Å². The lowest BCUT2D eigenvalue weighted by Gasteiger charge is -2.20. The van der Waals surface area contributed by atoms with E-state index >= 15 is 0 Å². The molecule has 0 spiro atoms. The van der Waals surface area contributed by atoms with Gasteiger partial charge in [-0.1, -0.05) is 12.1 Å². The van der Waals surface area contributed by atoms with Gasteiger partial charge in [-0.05, 0) is 72.2 Å². The maximum atomic E-state index is 12.5. The van der Waals surface area contributed by atoms with E-state index in [0.29, 0.717) is 18.1 Å². The minimum Gasteiger partial charge on any atom is -0.462 e. The number of thioether (sulfide) groups is 1. The molecule has 1 aliphatic carbocycles. The van der Waals surface area contributed by atoms with Crippen LogP contribution in [0.15, 0.2) is 33.6 Å². The number of ether oxygens (including phenoxy) is 2. The maximum absolute atomic E-state index is 12.5. The second-order valence-corrected chi connectivity index (χ2v) is 8.41. The molecule has 0 unspecified atom stereocenters. The van der Waals surface area contributed by atoms with Crippen LogP contribution in [0.5, 0.6) is 0 Å². The molecule has 0 amide bonds. The predicted octanol–water partition coefficient (Wildman–Crippen LogP) is 5.08. The van der Waals surface area contributed by atoms with E-state index in [-0.39, 0.29) is 5.97 Å². The Kier molecular flexibility index (Phi) is 6.42. The van der Waals surface area contributed by atoms with Gasteiger partial charge >= 0.3 is 5.97 Å². The van der Waals surface area contributed by atoms with Crippen molar-refractivity contribution in [2.45, 2.75) is 42.8 Å². The first-order valence-electron chi connectivity index (χ1n) is 8.60. The summed E-state index contributed by atoms with van der Waals surface area (Å²) < 4.78 is 11.8. The number of benzene rings is 1. The van der Waals surface area contributed by atoms with Gasteiger partial charge in [0.2, 0.25) is 0 Å². The quantitative estimate of drug-likeness (QED) is 0.483. The van der Waals surface area contributed by atoms with Gasteiger partial charge in [0.15, 0.2) is 0 Å². The van der Waals surface area contributed by atoms with Crippen LogP contribution in [-0.2, 0) is 14.3 Å². The highest BCUT2D eigenvalue weighted by atomic mass is 79.9. The molecule has 2 aliphatic rings. The molecule has 1 heterocycles. The molecule has 24 heavy (non-hydrogen) atoms. The van der Waals surface area contributed by atoms with Crippen molar-refractivity contribution >= 4 is 39.2 Å². The van der Waals surface area contributed by atoms with Crippen molar-refractivity contribution < 1.29 is 14.3 Å². The minimum atomic E-state index is -0.238. The molecule has 0 bridgehead atoms. The van der Waals surface area contributed by atoms with Crippen LogP contribution in [0, 0.1) is 5.92 Å². The lowest BCUT2D eigenvalue weighted by Crippen LogP contribution is -2.16. The Labute approximate surface area is 156 Å². The Balaban J connectivity index is 1.84.